The molecule has 8 nitrogen and oxygen atoms in total. The highest BCUT2D eigenvalue weighted by atomic mass is 16.2. The van der Waals surface area contributed by atoms with Gasteiger partial charge in [-0.25, -0.2) is 4.79 Å². The van der Waals surface area contributed by atoms with Crippen molar-refractivity contribution in [3.63, 3.8) is 0 Å². The lowest BCUT2D eigenvalue weighted by atomic mass is 9.53. The van der Waals surface area contributed by atoms with Crippen molar-refractivity contribution in [3.05, 3.63) is 0 Å². The summed E-state index contributed by atoms with van der Waals surface area (Å²) < 4.78 is 0. The Morgan fingerprint density at radius 3 is 2.29 bits per heavy atom. The molecule has 8 heteroatoms. The van der Waals surface area contributed by atoms with E-state index < -0.39 is 0 Å². The second-order valence-corrected chi connectivity index (χ2v) is 10.6. The summed E-state index contributed by atoms with van der Waals surface area (Å²) in [6, 6.07) is -0.121. The molecule has 174 valence electrons. The van der Waals surface area contributed by atoms with Gasteiger partial charge < -0.3 is 26.6 Å². The number of primary amides is 1. The van der Waals surface area contributed by atoms with Gasteiger partial charge >= 0.3 is 6.03 Å². The number of piperidine rings is 1. The van der Waals surface area contributed by atoms with Crippen LogP contribution in [-0.2, 0) is 9.59 Å². The Kier molecular flexibility index (Phi) is 7.04. The first-order valence-corrected chi connectivity index (χ1v) is 12.3. The third kappa shape index (κ3) is 5.90. The first-order valence-electron chi connectivity index (χ1n) is 12.3. The first-order chi connectivity index (χ1) is 14.9. The number of hydrogen-bond acceptors (Lipinski definition) is 4. The number of hydrogen-bond donors (Lipinski definition) is 4. The number of amides is 4. The molecule has 4 aliphatic carbocycles. The van der Waals surface area contributed by atoms with Crippen LogP contribution in [0, 0.1) is 23.7 Å². The molecule has 31 heavy (non-hydrogen) atoms. The first kappa shape index (κ1) is 22.4. The van der Waals surface area contributed by atoms with Gasteiger partial charge in [0.15, 0.2) is 0 Å². The molecule has 5 rings (SSSR count). The Morgan fingerprint density at radius 1 is 0.968 bits per heavy atom. The Hall–Kier alpha value is -1.83. The van der Waals surface area contributed by atoms with Crippen LogP contribution in [-0.4, -0.2) is 61.0 Å². The summed E-state index contributed by atoms with van der Waals surface area (Å²) in [4.78, 5) is 38.1. The van der Waals surface area contributed by atoms with Crippen LogP contribution in [0.4, 0.5) is 4.79 Å². The van der Waals surface area contributed by atoms with Crippen molar-refractivity contribution < 1.29 is 14.4 Å². The fourth-order valence-electron chi connectivity index (χ4n) is 6.95. The zero-order chi connectivity index (χ0) is 21.8. The minimum absolute atomic E-state index is 0.00304. The third-order valence-corrected chi connectivity index (χ3v) is 7.94. The van der Waals surface area contributed by atoms with Gasteiger partial charge in [0.05, 0.1) is 5.92 Å². The van der Waals surface area contributed by atoms with E-state index in [1.54, 1.807) is 0 Å². The SMILES string of the molecule is NC(=O)C1CCCN(CCCNC(=O)CCNC(=O)NC23CC4CC(CC(C4)C2)C3)C1. The molecule has 1 aliphatic heterocycles. The van der Waals surface area contributed by atoms with E-state index in [1.165, 1.54) is 19.3 Å². The number of nitrogens with two attached hydrogens (primary N) is 1. The lowest BCUT2D eigenvalue weighted by Crippen LogP contribution is -2.61. The highest BCUT2D eigenvalue weighted by Gasteiger charge is 2.51. The van der Waals surface area contributed by atoms with Crippen molar-refractivity contribution in [2.45, 2.75) is 69.7 Å². The molecule has 0 radical (unpaired) electrons. The fourth-order valence-corrected chi connectivity index (χ4v) is 6.95. The summed E-state index contributed by atoms with van der Waals surface area (Å²) in [5.74, 6) is 2.09. The molecule has 5 aliphatic rings. The topological polar surface area (TPSA) is 117 Å². The Bertz CT molecular complexity index is 647. The van der Waals surface area contributed by atoms with E-state index in [9.17, 15) is 14.4 Å². The van der Waals surface area contributed by atoms with Gasteiger partial charge in [-0.3, -0.25) is 9.59 Å². The molecule has 1 atom stereocenters. The minimum Gasteiger partial charge on any atom is -0.369 e. The van der Waals surface area contributed by atoms with E-state index >= 15 is 0 Å². The zero-order valence-corrected chi connectivity index (χ0v) is 18.7. The second kappa shape index (κ2) is 9.76. The number of carbonyl (C=O) groups excluding carboxylic acids is 3. The molecule has 0 spiro atoms. The molecule has 4 saturated carbocycles. The van der Waals surface area contributed by atoms with Crippen molar-refractivity contribution in [2.24, 2.45) is 29.4 Å². The summed E-state index contributed by atoms with van der Waals surface area (Å²) in [5.41, 5.74) is 5.42. The quantitative estimate of drug-likeness (QED) is 0.411. The van der Waals surface area contributed by atoms with Gasteiger partial charge in [-0.2, -0.15) is 0 Å². The number of nitrogens with zero attached hydrogens (tertiary/aromatic N) is 1. The van der Waals surface area contributed by atoms with Gasteiger partial charge in [0, 0.05) is 31.6 Å². The van der Waals surface area contributed by atoms with E-state index in [1.807, 2.05) is 0 Å². The van der Waals surface area contributed by atoms with Gasteiger partial charge in [0.25, 0.3) is 0 Å². The molecule has 0 aromatic rings. The van der Waals surface area contributed by atoms with Gasteiger partial charge in [0.1, 0.15) is 0 Å². The van der Waals surface area contributed by atoms with Crippen LogP contribution < -0.4 is 21.7 Å². The minimum atomic E-state index is -0.210. The van der Waals surface area contributed by atoms with Crippen molar-refractivity contribution in [1.82, 2.24) is 20.9 Å². The fraction of sp³-hybridized carbons (Fsp3) is 0.870. The Labute approximate surface area is 185 Å². The van der Waals surface area contributed by atoms with Gasteiger partial charge in [0.2, 0.25) is 11.8 Å². The highest BCUT2D eigenvalue weighted by Crippen LogP contribution is 2.55. The Morgan fingerprint density at radius 2 is 1.65 bits per heavy atom. The maximum atomic E-state index is 12.4. The van der Waals surface area contributed by atoms with Crippen LogP contribution in [0.25, 0.3) is 0 Å². The predicted octanol–water partition coefficient (Wildman–Crippen LogP) is 1.35. The summed E-state index contributed by atoms with van der Waals surface area (Å²) in [7, 11) is 0. The standard InChI is InChI=1S/C23H39N5O3/c24-21(30)19-3-1-7-28(15-19)8-2-5-25-20(29)4-6-26-22(31)27-23-12-16-9-17(13-23)11-18(10-16)14-23/h16-19H,1-15H2,(H2,24,30)(H,25,29)(H2,26,27,31). The maximum absolute atomic E-state index is 12.4. The molecule has 0 aromatic heterocycles. The predicted molar refractivity (Wildman–Crippen MR) is 118 cm³/mol. The van der Waals surface area contributed by atoms with Crippen LogP contribution in [0.5, 0.6) is 0 Å². The van der Waals surface area contributed by atoms with Crippen LogP contribution in [0.1, 0.15) is 64.2 Å². The van der Waals surface area contributed by atoms with E-state index in [2.05, 4.69) is 20.9 Å². The number of likely N-dealkylation sites (tertiary alicyclic amines) is 1. The highest BCUT2D eigenvalue weighted by molar-refractivity contribution is 5.78. The van der Waals surface area contributed by atoms with E-state index in [0.29, 0.717) is 19.5 Å². The maximum Gasteiger partial charge on any atom is 0.315 e. The summed E-state index contributed by atoms with van der Waals surface area (Å²) in [6.07, 6.45) is 10.5. The number of urea groups is 1. The van der Waals surface area contributed by atoms with Crippen molar-refractivity contribution in [1.29, 1.82) is 0 Å². The van der Waals surface area contributed by atoms with E-state index in [-0.39, 0.29) is 29.3 Å². The largest absolute Gasteiger partial charge is 0.369 e. The molecule has 1 heterocycles. The van der Waals surface area contributed by atoms with Crippen LogP contribution in [0.15, 0.2) is 0 Å². The van der Waals surface area contributed by atoms with E-state index in [4.69, 9.17) is 5.73 Å². The van der Waals surface area contributed by atoms with Crippen LogP contribution in [0.2, 0.25) is 0 Å². The average molecular weight is 434 g/mol. The average Bonchev–Trinajstić information content (AvgIpc) is 2.70. The molecule has 0 aromatic carbocycles. The molecule has 4 amide bonds. The molecule has 1 saturated heterocycles. The van der Waals surface area contributed by atoms with Crippen molar-refractivity contribution >= 4 is 17.8 Å². The Balaban J connectivity index is 1.06. The smallest absolute Gasteiger partial charge is 0.315 e. The van der Waals surface area contributed by atoms with Crippen LogP contribution in [0.3, 0.4) is 0 Å². The summed E-state index contributed by atoms with van der Waals surface area (Å²) >= 11 is 0. The monoisotopic (exact) mass is 433 g/mol. The molecule has 4 bridgehead atoms. The molecular formula is C23H39N5O3. The number of rotatable bonds is 9. The van der Waals surface area contributed by atoms with E-state index in [0.717, 1.165) is 75.9 Å². The van der Waals surface area contributed by atoms with Crippen molar-refractivity contribution in [2.75, 3.05) is 32.7 Å². The third-order valence-electron chi connectivity index (χ3n) is 7.94. The number of carbonyl (C=O) groups is 3. The summed E-state index contributed by atoms with van der Waals surface area (Å²) in [6.45, 7) is 3.54. The second-order valence-electron chi connectivity index (χ2n) is 10.6. The lowest BCUT2D eigenvalue weighted by molar-refractivity contribution is -0.123. The number of nitrogens with one attached hydrogen (secondary N) is 3. The zero-order valence-electron chi connectivity index (χ0n) is 18.7. The lowest BCUT2D eigenvalue weighted by Gasteiger charge is -2.56. The summed E-state index contributed by atoms with van der Waals surface area (Å²) in [5, 5.41) is 9.09. The normalized spacial score (nSPS) is 34.3. The molecular weight excluding hydrogens is 394 g/mol. The van der Waals surface area contributed by atoms with Gasteiger partial charge in [-0.1, -0.05) is 0 Å². The van der Waals surface area contributed by atoms with Crippen LogP contribution >= 0.6 is 0 Å². The van der Waals surface area contributed by atoms with Crippen molar-refractivity contribution in [3.8, 4) is 0 Å². The van der Waals surface area contributed by atoms with Gasteiger partial charge in [-0.15, -0.1) is 0 Å². The molecule has 5 fully saturated rings. The van der Waals surface area contributed by atoms with Gasteiger partial charge in [-0.05, 0) is 88.6 Å². The molecule has 1 unspecified atom stereocenters. The molecule has 5 N–H and O–H groups in total.